The van der Waals surface area contributed by atoms with Crippen molar-refractivity contribution in [3.05, 3.63) is 11.9 Å². The topological polar surface area (TPSA) is 58.6 Å². The second-order valence-corrected chi connectivity index (χ2v) is 7.50. The zero-order chi connectivity index (χ0) is 17.6. The van der Waals surface area contributed by atoms with Crippen LogP contribution in [0.15, 0.2) is 6.20 Å². The highest BCUT2D eigenvalue weighted by molar-refractivity contribution is 5.92. The zero-order valence-corrected chi connectivity index (χ0v) is 14.3. The molecule has 2 aliphatic heterocycles. The third kappa shape index (κ3) is 3.52. The third-order valence-electron chi connectivity index (χ3n) is 4.95. The summed E-state index contributed by atoms with van der Waals surface area (Å²) in [6.07, 6.45) is 4.57. The van der Waals surface area contributed by atoms with Crippen molar-refractivity contribution < 1.29 is 18.3 Å². The van der Waals surface area contributed by atoms with Gasteiger partial charge >= 0.3 is 0 Å². The maximum absolute atomic E-state index is 13.2. The van der Waals surface area contributed by atoms with Gasteiger partial charge in [-0.2, -0.15) is 0 Å². The fourth-order valence-electron chi connectivity index (χ4n) is 3.21. The van der Waals surface area contributed by atoms with Crippen LogP contribution in [0.4, 0.5) is 14.6 Å². The van der Waals surface area contributed by atoms with Gasteiger partial charge in [0.15, 0.2) is 11.5 Å². The first kappa shape index (κ1) is 16.5. The molecule has 3 fully saturated rings. The van der Waals surface area contributed by atoms with Crippen molar-refractivity contribution in [3.8, 4) is 5.88 Å². The summed E-state index contributed by atoms with van der Waals surface area (Å²) in [5.74, 6) is -1.40. The minimum absolute atomic E-state index is 0.173. The average Bonchev–Trinajstić information content (AvgIpc) is 3.29. The number of aromatic nitrogens is 2. The standard InChI is InChI=1S/C17H22F2N4O2/c1-11-4-5-22(7-11)16(24)13-6-20-14(23-9-17(18,19)10-23)15(21-13)25-8-12-2-3-12/h6,11-12H,2-5,7-10H2,1H3. The summed E-state index contributed by atoms with van der Waals surface area (Å²) in [5.41, 5.74) is 0.218. The second kappa shape index (κ2) is 6.07. The molecule has 136 valence electrons. The molecule has 2 saturated heterocycles. The minimum Gasteiger partial charge on any atom is -0.475 e. The number of hydrogen-bond donors (Lipinski definition) is 0. The highest BCUT2D eigenvalue weighted by Gasteiger charge is 2.46. The van der Waals surface area contributed by atoms with E-state index in [4.69, 9.17) is 4.74 Å². The number of nitrogens with zero attached hydrogens (tertiary/aromatic N) is 4. The predicted molar refractivity (Wildman–Crippen MR) is 87.1 cm³/mol. The number of amides is 1. The molecule has 0 spiro atoms. The first-order valence-electron chi connectivity index (χ1n) is 8.83. The van der Waals surface area contributed by atoms with Gasteiger partial charge in [0.05, 0.1) is 25.9 Å². The van der Waals surface area contributed by atoms with E-state index in [2.05, 4.69) is 16.9 Å². The lowest BCUT2D eigenvalue weighted by Crippen LogP contribution is -2.56. The zero-order valence-electron chi connectivity index (χ0n) is 14.3. The Balaban J connectivity index is 1.54. The number of halogens is 2. The molecular weight excluding hydrogens is 330 g/mol. The Morgan fingerprint density at radius 3 is 2.72 bits per heavy atom. The Kier molecular flexibility index (Phi) is 4.00. The van der Waals surface area contributed by atoms with Crippen molar-refractivity contribution in [2.24, 2.45) is 11.8 Å². The van der Waals surface area contributed by atoms with Gasteiger partial charge in [-0.1, -0.05) is 6.92 Å². The highest BCUT2D eigenvalue weighted by Crippen LogP contribution is 2.36. The molecule has 1 aliphatic carbocycles. The number of carbonyl (C=O) groups excluding carboxylic acids is 1. The van der Waals surface area contributed by atoms with Crippen molar-refractivity contribution in [2.75, 3.05) is 37.7 Å². The molecule has 3 aliphatic rings. The van der Waals surface area contributed by atoms with Gasteiger partial charge in [0.2, 0.25) is 0 Å². The number of ether oxygens (including phenoxy) is 1. The fraction of sp³-hybridized carbons (Fsp3) is 0.706. The van der Waals surface area contributed by atoms with Crippen molar-refractivity contribution >= 4 is 11.7 Å². The number of hydrogen-bond acceptors (Lipinski definition) is 5. The van der Waals surface area contributed by atoms with Crippen LogP contribution in [-0.2, 0) is 0 Å². The molecule has 1 aromatic heterocycles. The Bertz CT molecular complexity index is 673. The highest BCUT2D eigenvalue weighted by atomic mass is 19.3. The summed E-state index contributed by atoms with van der Waals surface area (Å²) < 4.78 is 32.1. The summed E-state index contributed by atoms with van der Waals surface area (Å²) in [6.45, 7) is 3.23. The van der Waals surface area contributed by atoms with E-state index >= 15 is 0 Å². The molecule has 4 rings (SSSR count). The van der Waals surface area contributed by atoms with Crippen LogP contribution in [0, 0.1) is 11.8 Å². The summed E-state index contributed by atoms with van der Waals surface area (Å²) in [4.78, 5) is 24.4. The molecule has 0 bridgehead atoms. The van der Waals surface area contributed by atoms with Gasteiger partial charge in [-0.3, -0.25) is 4.79 Å². The number of alkyl halides is 2. The smallest absolute Gasteiger partial charge is 0.282 e. The number of carbonyl (C=O) groups is 1. The van der Waals surface area contributed by atoms with Crippen molar-refractivity contribution in [1.29, 1.82) is 0 Å². The molecule has 0 aromatic carbocycles. The van der Waals surface area contributed by atoms with Crippen LogP contribution in [0.3, 0.4) is 0 Å². The van der Waals surface area contributed by atoms with Crippen LogP contribution in [0.25, 0.3) is 0 Å². The molecule has 1 aromatic rings. The Hall–Kier alpha value is -1.99. The fourth-order valence-corrected chi connectivity index (χ4v) is 3.21. The van der Waals surface area contributed by atoms with Crippen LogP contribution in [0.2, 0.25) is 0 Å². The normalized spacial score (nSPS) is 25.0. The average molecular weight is 352 g/mol. The van der Waals surface area contributed by atoms with E-state index in [1.54, 1.807) is 4.90 Å². The van der Waals surface area contributed by atoms with Crippen LogP contribution < -0.4 is 9.64 Å². The molecule has 25 heavy (non-hydrogen) atoms. The van der Waals surface area contributed by atoms with Crippen molar-refractivity contribution in [3.63, 3.8) is 0 Å². The van der Waals surface area contributed by atoms with Crippen LogP contribution >= 0.6 is 0 Å². The van der Waals surface area contributed by atoms with E-state index in [0.717, 1.165) is 19.3 Å². The molecule has 8 heteroatoms. The molecule has 3 heterocycles. The molecule has 6 nitrogen and oxygen atoms in total. The monoisotopic (exact) mass is 352 g/mol. The molecule has 1 unspecified atom stereocenters. The second-order valence-electron chi connectivity index (χ2n) is 7.50. The maximum atomic E-state index is 13.2. The summed E-state index contributed by atoms with van der Waals surface area (Å²) in [5, 5.41) is 0. The quantitative estimate of drug-likeness (QED) is 0.813. The first-order chi connectivity index (χ1) is 11.9. The van der Waals surface area contributed by atoms with Crippen LogP contribution in [0.1, 0.15) is 36.7 Å². The number of rotatable bonds is 5. The Labute approximate surface area is 145 Å². The molecular formula is C17H22F2N4O2. The summed E-state index contributed by atoms with van der Waals surface area (Å²) in [6, 6.07) is 0. The lowest BCUT2D eigenvalue weighted by molar-refractivity contribution is -0.0270. The van der Waals surface area contributed by atoms with E-state index in [1.807, 2.05) is 0 Å². The van der Waals surface area contributed by atoms with Gasteiger partial charge in [-0.05, 0) is 31.1 Å². The van der Waals surface area contributed by atoms with E-state index in [9.17, 15) is 13.6 Å². The van der Waals surface area contributed by atoms with Gasteiger partial charge in [-0.25, -0.2) is 18.7 Å². The SMILES string of the molecule is CC1CCN(C(=O)c2cnc(N3CC(F)(F)C3)c(OCC3CC3)n2)C1. The van der Waals surface area contributed by atoms with Gasteiger partial charge in [0.25, 0.3) is 17.7 Å². The predicted octanol–water partition coefficient (Wildman–Crippen LogP) is 2.20. The molecule has 0 radical (unpaired) electrons. The molecule has 0 N–H and O–H groups in total. The number of anilines is 1. The lowest BCUT2D eigenvalue weighted by atomic mass is 10.1. The summed E-state index contributed by atoms with van der Waals surface area (Å²) in [7, 11) is 0. The Morgan fingerprint density at radius 2 is 2.12 bits per heavy atom. The van der Waals surface area contributed by atoms with Crippen LogP contribution in [-0.4, -0.2) is 59.5 Å². The molecule has 1 amide bonds. The first-order valence-corrected chi connectivity index (χ1v) is 8.83. The van der Waals surface area contributed by atoms with E-state index in [0.29, 0.717) is 37.4 Å². The van der Waals surface area contributed by atoms with Gasteiger partial charge in [-0.15, -0.1) is 0 Å². The van der Waals surface area contributed by atoms with Gasteiger partial charge < -0.3 is 14.5 Å². The maximum Gasteiger partial charge on any atom is 0.282 e. The summed E-state index contributed by atoms with van der Waals surface area (Å²) >= 11 is 0. The number of likely N-dealkylation sites (tertiary alicyclic amines) is 1. The Morgan fingerprint density at radius 1 is 1.36 bits per heavy atom. The largest absolute Gasteiger partial charge is 0.475 e. The van der Waals surface area contributed by atoms with Gasteiger partial charge in [0.1, 0.15) is 0 Å². The van der Waals surface area contributed by atoms with Crippen molar-refractivity contribution in [2.45, 2.75) is 32.1 Å². The minimum atomic E-state index is -2.70. The van der Waals surface area contributed by atoms with Crippen LogP contribution in [0.5, 0.6) is 5.88 Å². The van der Waals surface area contributed by atoms with E-state index < -0.39 is 19.0 Å². The molecule has 1 atom stereocenters. The molecule has 1 saturated carbocycles. The lowest BCUT2D eigenvalue weighted by Gasteiger charge is -2.39. The van der Waals surface area contributed by atoms with E-state index in [1.165, 1.54) is 11.1 Å². The van der Waals surface area contributed by atoms with Gasteiger partial charge in [0, 0.05) is 13.1 Å². The van der Waals surface area contributed by atoms with Crippen molar-refractivity contribution in [1.82, 2.24) is 14.9 Å². The third-order valence-corrected chi connectivity index (χ3v) is 4.95. The van der Waals surface area contributed by atoms with E-state index in [-0.39, 0.29) is 17.5 Å².